The molecule has 1 atom stereocenters. The molecule has 1 aromatic rings. The van der Waals surface area contributed by atoms with Gasteiger partial charge in [0.05, 0.1) is 5.92 Å². The summed E-state index contributed by atoms with van der Waals surface area (Å²) in [7, 11) is 2.15. The van der Waals surface area contributed by atoms with Gasteiger partial charge in [0.15, 0.2) is 0 Å². The summed E-state index contributed by atoms with van der Waals surface area (Å²) in [6.45, 7) is 7.44. The van der Waals surface area contributed by atoms with Gasteiger partial charge in [-0.05, 0) is 32.1 Å². The largest absolute Gasteiger partial charge is 0.461 e. The Morgan fingerprint density at radius 1 is 1.19 bits per heavy atom. The lowest BCUT2D eigenvalue weighted by Gasteiger charge is -2.23. The molecular formula is C17H26N2O2. The van der Waals surface area contributed by atoms with Crippen LogP contribution in [0.25, 0.3) is 0 Å². The second-order valence-corrected chi connectivity index (χ2v) is 5.95. The van der Waals surface area contributed by atoms with Crippen molar-refractivity contribution in [2.24, 2.45) is 5.92 Å². The third kappa shape index (κ3) is 5.48. The Kier molecular flexibility index (Phi) is 6.21. The average molecular weight is 290 g/mol. The van der Waals surface area contributed by atoms with E-state index in [-0.39, 0.29) is 11.9 Å². The van der Waals surface area contributed by atoms with E-state index in [0.717, 1.165) is 38.3 Å². The molecule has 1 aliphatic heterocycles. The summed E-state index contributed by atoms with van der Waals surface area (Å²) >= 11 is 0. The summed E-state index contributed by atoms with van der Waals surface area (Å²) in [4.78, 5) is 16.8. The first-order chi connectivity index (χ1) is 10.1. The molecule has 2 rings (SSSR count). The molecule has 0 N–H and O–H groups in total. The fourth-order valence-corrected chi connectivity index (χ4v) is 2.62. The van der Waals surface area contributed by atoms with E-state index in [1.807, 2.05) is 37.3 Å². The van der Waals surface area contributed by atoms with Crippen LogP contribution in [-0.2, 0) is 16.1 Å². The lowest BCUT2D eigenvalue weighted by Crippen LogP contribution is -2.35. The van der Waals surface area contributed by atoms with E-state index in [2.05, 4.69) is 16.8 Å². The Hall–Kier alpha value is -1.39. The molecule has 0 spiro atoms. The number of likely N-dealkylation sites (N-methyl/N-ethyl adjacent to an activating group) is 1. The summed E-state index contributed by atoms with van der Waals surface area (Å²) in [6.07, 6.45) is 1.17. The Bertz CT molecular complexity index is 436. The minimum atomic E-state index is -0.101. The number of carbonyl (C=O) groups excluding carboxylic acids is 1. The van der Waals surface area contributed by atoms with Crippen molar-refractivity contribution < 1.29 is 9.53 Å². The maximum atomic E-state index is 12.1. The number of carbonyl (C=O) groups is 1. The molecule has 1 saturated heterocycles. The highest BCUT2D eigenvalue weighted by atomic mass is 16.5. The van der Waals surface area contributed by atoms with Crippen LogP contribution in [-0.4, -0.2) is 55.5 Å². The molecule has 0 radical (unpaired) electrons. The predicted octanol–water partition coefficient (Wildman–Crippen LogP) is 2.00. The van der Waals surface area contributed by atoms with Gasteiger partial charge in [0.2, 0.25) is 0 Å². The number of nitrogens with zero attached hydrogens (tertiary/aromatic N) is 2. The van der Waals surface area contributed by atoms with Crippen molar-refractivity contribution in [2.75, 3.05) is 39.8 Å². The molecule has 21 heavy (non-hydrogen) atoms. The highest BCUT2D eigenvalue weighted by Crippen LogP contribution is 2.09. The lowest BCUT2D eigenvalue weighted by atomic mass is 10.1. The highest BCUT2D eigenvalue weighted by Gasteiger charge is 2.20. The van der Waals surface area contributed by atoms with Gasteiger partial charge in [0.1, 0.15) is 6.61 Å². The van der Waals surface area contributed by atoms with E-state index in [4.69, 9.17) is 4.74 Å². The van der Waals surface area contributed by atoms with Gasteiger partial charge in [-0.2, -0.15) is 0 Å². The van der Waals surface area contributed by atoms with E-state index in [1.54, 1.807) is 0 Å². The molecule has 1 unspecified atom stereocenters. The van der Waals surface area contributed by atoms with Crippen molar-refractivity contribution in [1.29, 1.82) is 0 Å². The van der Waals surface area contributed by atoms with Crippen molar-refractivity contribution in [2.45, 2.75) is 20.0 Å². The van der Waals surface area contributed by atoms with E-state index < -0.39 is 0 Å². The quantitative estimate of drug-likeness (QED) is 0.777. The maximum absolute atomic E-state index is 12.1. The molecule has 1 heterocycles. The van der Waals surface area contributed by atoms with Crippen LogP contribution in [0.15, 0.2) is 30.3 Å². The summed E-state index contributed by atoms with van der Waals surface area (Å²) in [6, 6.07) is 9.83. The highest BCUT2D eigenvalue weighted by molar-refractivity contribution is 5.72. The summed E-state index contributed by atoms with van der Waals surface area (Å²) < 4.78 is 5.41. The van der Waals surface area contributed by atoms with E-state index in [0.29, 0.717) is 6.61 Å². The lowest BCUT2D eigenvalue weighted by molar-refractivity contribution is -0.149. The SMILES string of the molecule is CC(CN1CCCN(C)CC1)C(=O)OCc1ccccc1. The third-order valence-corrected chi connectivity index (χ3v) is 3.97. The van der Waals surface area contributed by atoms with Crippen LogP contribution < -0.4 is 0 Å². The standard InChI is InChI=1S/C17H26N2O2/c1-15(13-19-10-6-9-18(2)11-12-19)17(20)21-14-16-7-4-3-5-8-16/h3-5,7-8,15H,6,9-14H2,1-2H3. The first-order valence-corrected chi connectivity index (χ1v) is 7.76. The molecule has 1 aromatic carbocycles. The average Bonchev–Trinajstić information content (AvgIpc) is 2.70. The Balaban J connectivity index is 1.74. The Labute approximate surface area is 127 Å². The molecule has 0 amide bonds. The molecule has 1 fully saturated rings. The van der Waals surface area contributed by atoms with E-state index in [9.17, 15) is 4.79 Å². The minimum Gasteiger partial charge on any atom is -0.461 e. The van der Waals surface area contributed by atoms with Crippen molar-refractivity contribution in [3.8, 4) is 0 Å². The van der Waals surface area contributed by atoms with Gasteiger partial charge in [-0.15, -0.1) is 0 Å². The summed E-state index contributed by atoms with van der Waals surface area (Å²) in [5, 5.41) is 0. The second kappa shape index (κ2) is 8.15. The molecule has 0 aliphatic carbocycles. The zero-order valence-corrected chi connectivity index (χ0v) is 13.1. The molecule has 0 bridgehead atoms. The summed E-state index contributed by atoms with van der Waals surface area (Å²) in [5.74, 6) is -0.173. The van der Waals surface area contributed by atoms with Crippen molar-refractivity contribution in [1.82, 2.24) is 9.80 Å². The van der Waals surface area contributed by atoms with Gasteiger partial charge in [0, 0.05) is 19.6 Å². The Morgan fingerprint density at radius 2 is 1.95 bits per heavy atom. The molecule has 4 heteroatoms. The molecular weight excluding hydrogens is 264 g/mol. The number of benzene rings is 1. The number of rotatable bonds is 5. The van der Waals surface area contributed by atoms with Gasteiger partial charge >= 0.3 is 5.97 Å². The molecule has 116 valence electrons. The van der Waals surface area contributed by atoms with E-state index >= 15 is 0 Å². The molecule has 0 aromatic heterocycles. The van der Waals surface area contributed by atoms with Crippen molar-refractivity contribution in [3.05, 3.63) is 35.9 Å². The van der Waals surface area contributed by atoms with Crippen molar-refractivity contribution in [3.63, 3.8) is 0 Å². The van der Waals surface area contributed by atoms with Crippen LogP contribution in [0.1, 0.15) is 18.9 Å². The third-order valence-electron chi connectivity index (χ3n) is 3.97. The van der Waals surface area contributed by atoms with Gasteiger partial charge in [-0.3, -0.25) is 4.79 Å². The van der Waals surface area contributed by atoms with Gasteiger partial charge < -0.3 is 14.5 Å². The fourth-order valence-electron chi connectivity index (χ4n) is 2.62. The Morgan fingerprint density at radius 3 is 2.71 bits per heavy atom. The normalized spacial score (nSPS) is 19.0. The predicted molar refractivity (Wildman–Crippen MR) is 84.0 cm³/mol. The number of hydrogen-bond acceptors (Lipinski definition) is 4. The van der Waals surface area contributed by atoms with Crippen LogP contribution in [0.3, 0.4) is 0 Å². The van der Waals surface area contributed by atoms with E-state index in [1.165, 1.54) is 6.42 Å². The van der Waals surface area contributed by atoms with Crippen molar-refractivity contribution >= 4 is 5.97 Å². The zero-order chi connectivity index (χ0) is 15.1. The van der Waals surface area contributed by atoms with Crippen LogP contribution in [0.2, 0.25) is 0 Å². The topological polar surface area (TPSA) is 32.8 Å². The zero-order valence-electron chi connectivity index (χ0n) is 13.1. The first kappa shape index (κ1) is 16.0. The second-order valence-electron chi connectivity index (χ2n) is 5.95. The minimum absolute atomic E-state index is 0.0721. The smallest absolute Gasteiger partial charge is 0.310 e. The number of ether oxygens (including phenoxy) is 1. The van der Waals surface area contributed by atoms with Crippen LogP contribution >= 0.6 is 0 Å². The monoisotopic (exact) mass is 290 g/mol. The van der Waals surface area contributed by atoms with Gasteiger partial charge in [-0.1, -0.05) is 37.3 Å². The summed E-state index contributed by atoms with van der Waals surface area (Å²) in [5.41, 5.74) is 1.04. The maximum Gasteiger partial charge on any atom is 0.310 e. The molecule has 4 nitrogen and oxygen atoms in total. The van der Waals surface area contributed by atoms with Gasteiger partial charge in [-0.25, -0.2) is 0 Å². The fraction of sp³-hybridized carbons (Fsp3) is 0.588. The number of hydrogen-bond donors (Lipinski definition) is 0. The first-order valence-electron chi connectivity index (χ1n) is 7.76. The molecule has 0 saturated carbocycles. The van der Waals surface area contributed by atoms with Crippen LogP contribution in [0.4, 0.5) is 0 Å². The van der Waals surface area contributed by atoms with Crippen LogP contribution in [0, 0.1) is 5.92 Å². The van der Waals surface area contributed by atoms with Gasteiger partial charge in [0.25, 0.3) is 0 Å². The van der Waals surface area contributed by atoms with Crippen LogP contribution in [0.5, 0.6) is 0 Å². The molecule has 1 aliphatic rings. The number of esters is 1.